The molecule has 0 bridgehead atoms. The first-order valence-electron chi connectivity index (χ1n) is 7.31. The van der Waals surface area contributed by atoms with Crippen LogP contribution in [0, 0.1) is 5.92 Å². The Kier molecular flexibility index (Phi) is 3.66. The highest BCUT2D eigenvalue weighted by Crippen LogP contribution is 2.50. The molecule has 1 N–H and O–H groups in total. The fourth-order valence-corrected chi connectivity index (χ4v) is 3.36. The maximum Gasteiger partial charge on any atom is 0.306 e. The van der Waals surface area contributed by atoms with Crippen LogP contribution in [0.3, 0.4) is 0 Å². The van der Waals surface area contributed by atoms with Gasteiger partial charge in [0.05, 0.1) is 11.3 Å². The van der Waals surface area contributed by atoms with Crippen LogP contribution in [0.25, 0.3) is 0 Å². The number of carboxylic acids is 1. The van der Waals surface area contributed by atoms with E-state index >= 15 is 0 Å². The first-order chi connectivity index (χ1) is 10.0. The van der Waals surface area contributed by atoms with E-state index in [1.54, 1.807) is 0 Å². The highest BCUT2D eigenvalue weighted by Gasteiger charge is 2.53. The first-order valence-corrected chi connectivity index (χ1v) is 7.69. The van der Waals surface area contributed by atoms with Crippen molar-refractivity contribution < 1.29 is 14.7 Å². The Morgan fingerprint density at radius 1 is 1.24 bits per heavy atom. The molecule has 0 radical (unpaired) electrons. The molecule has 112 valence electrons. The Balaban J connectivity index is 1.73. The minimum atomic E-state index is -0.752. The fraction of sp³-hybridized carbons (Fsp3) is 0.500. The number of rotatable bonds is 3. The topological polar surface area (TPSA) is 57.6 Å². The Morgan fingerprint density at radius 3 is 2.43 bits per heavy atom. The average molecular weight is 308 g/mol. The molecule has 1 aromatic rings. The third kappa shape index (κ3) is 2.64. The molecule has 1 saturated carbocycles. The predicted octanol–water partition coefficient (Wildman–Crippen LogP) is 2.69. The number of likely N-dealkylation sites (tertiary alicyclic amines) is 1. The lowest BCUT2D eigenvalue weighted by Gasteiger charge is -2.33. The van der Waals surface area contributed by atoms with E-state index in [1.165, 1.54) is 0 Å². The molecule has 4 nitrogen and oxygen atoms in total. The van der Waals surface area contributed by atoms with Crippen LogP contribution in [-0.4, -0.2) is 35.0 Å². The highest BCUT2D eigenvalue weighted by molar-refractivity contribution is 6.30. The molecule has 1 amide bonds. The van der Waals surface area contributed by atoms with Gasteiger partial charge in [0.15, 0.2) is 0 Å². The summed E-state index contributed by atoms with van der Waals surface area (Å²) in [6.07, 6.45) is 2.80. The first kappa shape index (κ1) is 14.4. The number of piperidine rings is 1. The van der Waals surface area contributed by atoms with Crippen molar-refractivity contribution in [1.82, 2.24) is 4.90 Å². The lowest BCUT2D eigenvalue weighted by molar-refractivity contribution is -0.146. The molecule has 0 unspecified atom stereocenters. The van der Waals surface area contributed by atoms with Crippen molar-refractivity contribution in [2.45, 2.75) is 31.1 Å². The maximum atomic E-state index is 12.8. The van der Waals surface area contributed by atoms with Gasteiger partial charge in [0, 0.05) is 18.1 Å². The van der Waals surface area contributed by atoms with Crippen molar-refractivity contribution in [3.8, 4) is 0 Å². The van der Waals surface area contributed by atoms with Crippen LogP contribution >= 0.6 is 11.6 Å². The molecular formula is C16H18ClNO3. The molecule has 1 aliphatic carbocycles. The third-order valence-corrected chi connectivity index (χ3v) is 4.90. The molecule has 2 aliphatic rings. The van der Waals surface area contributed by atoms with Gasteiger partial charge in [-0.1, -0.05) is 23.7 Å². The number of halogens is 1. The Bertz CT molecular complexity index is 575. The number of carbonyl (C=O) groups is 2. The van der Waals surface area contributed by atoms with Gasteiger partial charge in [-0.25, -0.2) is 0 Å². The maximum absolute atomic E-state index is 12.8. The van der Waals surface area contributed by atoms with Crippen molar-refractivity contribution in [1.29, 1.82) is 0 Å². The van der Waals surface area contributed by atoms with Crippen LogP contribution in [0.15, 0.2) is 24.3 Å². The molecule has 3 rings (SSSR count). The second kappa shape index (κ2) is 5.34. The second-order valence-corrected chi connectivity index (χ2v) is 6.43. The van der Waals surface area contributed by atoms with Gasteiger partial charge >= 0.3 is 5.97 Å². The van der Waals surface area contributed by atoms with Crippen LogP contribution < -0.4 is 0 Å². The highest BCUT2D eigenvalue weighted by atomic mass is 35.5. The fourth-order valence-electron chi connectivity index (χ4n) is 3.17. The van der Waals surface area contributed by atoms with Crippen LogP contribution in [0.4, 0.5) is 0 Å². The van der Waals surface area contributed by atoms with Crippen LogP contribution in [-0.2, 0) is 15.0 Å². The zero-order valence-corrected chi connectivity index (χ0v) is 12.5. The summed E-state index contributed by atoms with van der Waals surface area (Å²) >= 11 is 6.03. The van der Waals surface area contributed by atoms with Gasteiger partial charge in [0.25, 0.3) is 0 Å². The summed E-state index contributed by atoms with van der Waals surface area (Å²) in [5.41, 5.74) is 0.571. The molecule has 1 heterocycles. The Hall–Kier alpha value is -1.55. The normalized spacial score (nSPS) is 21.1. The summed E-state index contributed by atoms with van der Waals surface area (Å²) in [6, 6.07) is 7.52. The van der Waals surface area contributed by atoms with E-state index in [9.17, 15) is 9.59 Å². The summed E-state index contributed by atoms with van der Waals surface area (Å²) in [4.78, 5) is 25.6. The van der Waals surface area contributed by atoms with Crippen molar-refractivity contribution in [2.24, 2.45) is 5.92 Å². The Labute approximate surface area is 128 Å². The largest absolute Gasteiger partial charge is 0.481 e. The average Bonchev–Trinajstić information content (AvgIpc) is 3.28. The summed E-state index contributed by atoms with van der Waals surface area (Å²) in [7, 11) is 0. The summed E-state index contributed by atoms with van der Waals surface area (Å²) in [5, 5.41) is 9.67. The van der Waals surface area contributed by atoms with Gasteiger partial charge in [-0.2, -0.15) is 0 Å². The number of nitrogens with zero attached hydrogens (tertiary/aromatic N) is 1. The van der Waals surface area contributed by atoms with Crippen molar-refractivity contribution in [3.05, 3.63) is 34.9 Å². The monoisotopic (exact) mass is 307 g/mol. The smallest absolute Gasteiger partial charge is 0.306 e. The van der Waals surface area contributed by atoms with E-state index in [-0.39, 0.29) is 11.8 Å². The molecule has 0 spiro atoms. The van der Waals surface area contributed by atoms with Gasteiger partial charge in [0.2, 0.25) is 5.91 Å². The minimum Gasteiger partial charge on any atom is -0.481 e. The van der Waals surface area contributed by atoms with E-state index in [4.69, 9.17) is 16.7 Å². The molecule has 0 atom stereocenters. The number of carbonyl (C=O) groups excluding carboxylic acids is 1. The number of carboxylic acid groups (broad SMARTS) is 1. The molecule has 1 saturated heterocycles. The van der Waals surface area contributed by atoms with Gasteiger partial charge < -0.3 is 10.0 Å². The summed E-state index contributed by atoms with van der Waals surface area (Å²) < 4.78 is 0. The molecule has 21 heavy (non-hydrogen) atoms. The molecule has 1 aromatic carbocycles. The van der Waals surface area contributed by atoms with E-state index in [0.29, 0.717) is 31.0 Å². The molecule has 1 aliphatic heterocycles. The van der Waals surface area contributed by atoms with Crippen molar-refractivity contribution in [2.75, 3.05) is 13.1 Å². The van der Waals surface area contributed by atoms with E-state index < -0.39 is 11.4 Å². The van der Waals surface area contributed by atoms with Gasteiger partial charge in [-0.05, 0) is 43.4 Å². The van der Waals surface area contributed by atoms with E-state index in [1.807, 2.05) is 29.2 Å². The summed E-state index contributed by atoms with van der Waals surface area (Å²) in [6.45, 7) is 1.08. The van der Waals surface area contributed by atoms with Crippen LogP contribution in [0.2, 0.25) is 5.02 Å². The second-order valence-electron chi connectivity index (χ2n) is 6.00. The van der Waals surface area contributed by atoms with Crippen molar-refractivity contribution >= 4 is 23.5 Å². The minimum absolute atomic E-state index is 0.133. The van der Waals surface area contributed by atoms with E-state index in [2.05, 4.69) is 0 Å². The molecule has 0 aromatic heterocycles. The number of aliphatic carboxylic acids is 1. The van der Waals surface area contributed by atoms with Crippen LogP contribution in [0.5, 0.6) is 0 Å². The Morgan fingerprint density at radius 2 is 1.90 bits per heavy atom. The van der Waals surface area contributed by atoms with Crippen molar-refractivity contribution in [3.63, 3.8) is 0 Å². The predicted molar refractivity (Wildman–Crippen MR) is 79.3 cm³/mol. The standard InChI is InChI=1S/C16H18ClNO3/c17-13-3-1-2-12(10-13)16(6-7-16)15(21)18-8-4-11(5-9-18)14(19)20/h1-3,10-11H,4-9H2,(H,19,20). The van der Waals surface area contributed by atoms with Gasteiger partial charge in [-0.15, -0.1) is 0 Å². The lowest BCUT2D eigenvalue weighted by atomic mass is 9.91. The number of amides is 1. The quantitative estimate of drug-likeness (QED) is 0.934. The van der Waals surface area contributed by atoms with Gasteiger partial charge in [-0.3, -0.25) is 9.59 Å². The molecular weight excluding hydrogens is 290 g/mol. The van der Waals surface area contributed by atoms with Gasteiger partial charge in [0.1, 0.15) is 0 Å². The van der Waals surface area contributed by atoms with E-state index in [0.717, 1.165) is 18.4 Å². The van der Waals surface area contributed by atoms with Crippen LogP contribution in [0.1, 0.15) is 31.2 Å². The lowest BCUT2D eigenvalue weighted by Crippen LogP contribution is -2.45. The zero-order chi connectivity index (χ0) is 15.0. The molecule has 5 heteroatoms. The SMILES string of the molecule is O=C(O)C1CCN(C(=O)C2(c3cccc(Cl)c3)CC2)CC1. The number of hydrogen-bond donors (Lipinski definition) is 1. The zero-order valence-electron chi connectivity index (χ0n) is 11.7. The third-order valence-electron chi connectivity index (χ3n) is 4.67. The number of hydrogen-bond acceptors (Lipinski definition) is 2. The summed E-state index contributed by atoms with van der Waals surface area (Å²) in [5.74, 6) is -0.929. The molecule has 2 fully saturated rings. The number of benzene rings is 1.